The van der Waals surface area contributed by atoms with Gasteiger partial charge in [-0.3, -0.25) is 4.79 Å². The van der Waals surface area contributed by atoms with E-state index in [4.69, 9.17) is 9.47 Å². The van der Waals surface area contributed by atoms with E-state index in [1.54, 1.807) is 6.07 Å². The monoisotopic (exact) mass is 484 g/mol. The zero-order valence-electron chi connectivity index (χ0n) is 22.8. The number of halogens is 1. The number of ether oxygens (including phenoxy) is 2. The highest BCUT2D eigenvalue weighted by Gasteiger charge is 2.31. The maximum absolute atomic E-state index is 15.3. The Balaban J connectivity index is 1.64. The molecule has 194 valence electrons. The predicted octanol–water partition coefficient (Wildman–Crippen LogP) is 8.37. The van der Waals surface area contributed by atoms with Crippen LogP contribution in [0.5, 0.6) is 5.75 Å². The standard InChI is InChI=1S/C31H45FO3/c1-8-23(30(33)34-7)18-21(3)20(2)17-22-9-15-27-24(19-22)10-16-28(29(27)32)35-26-13-11-25(12-14-26)31(4,5)6/h9-10,15-16,19-21,23,25-26H,8,11-14,17-18H2,1-7H3. The molecule has 2 aromatic carbocycles. The number of esters is 1. The molecule has 0 saturated heterocycles. The fraction of sp³-hybridized carbons (Fsp3) is 0.645. The molecule has 0 bridgehead atoms. The Bertz CT molecular complexity index is 985. The zero-order valence-corrected chi connectivity index (χ0v) is 22.8. The van der Waals surface area contributed by atoms with Crippen LogP contribution in [-0.4, -0.2) is 19.2 Å². The molecule has 3 unspecified atom stereocenters. The topological polar surface area (TPSA) is 35.5 Å². The number of hydrogen-bond donors (Lipinski definition) is 0. The Morgan fingerprint density at radius 2 is 1.74 bits per heavy atom. The first-order valence-electron chi connectivity index (χ1n) is 13.5. The molecule has 4 heteroatoms. The molecule has 3 rings (SSSR count). The summed E-state index contributed by atoms with van der Waals surface area (Å²) < 4.78 is 26.4. The van der Waals surface area contributed by atoms with Gasteiger partial charge in [0.1, 0.15) is 0 Å². The Kier molecular flexibility index (Phi) is 9.23. The van der Waals surface area contributed by atoms with E-state index >= 15 is 4.39 Å². The van der Waals surface area contributed by atoms with Gasteiger partial charge in [0, 0.05) is 5.39 Å². The number of methoxy groups -OCH3 is 1. The van der Waals surface area contributed by atoms with Crippen molar-refractivity contribution in [2.75, 3.05) is 7.11 Å². The highest BCUT2D eigenvalue weighted by atomic mass is 19.1. The summed E-state index contributed by atoms with van der Waals surface area (Å²) in [5, 5.41) is 1.52. The molecule has 3 atom stereocenters. The fourth-order valence-electron chi connectivity index (χ4n) is 5.62. The molecule has 3 nitrogen and oxygen atoms in total. The molecule has 0 aromatic heterocycles. The van der Waals surface area contributed by atoms with Crippen LogP contribution in [0, 0.1) is 34.9 Å². The van der Waals surface area contributed by atoms with Crippen LogP contribution in [0.2, 0.25) is 0 Å². The summed E-state index contributed by atoms with van der Waals surface area (Å²) in [5.74, 6) is 1.45. The second-order valence-electron chi connectivity index (χ2n) is 11.9. The summed E-state index contributed by atoms with van der Waals surface area (Å²) in [6.45, 7) is 13.4. The molecule has 1 saturated carbocycles. The van der Waals surface area contributed by atoms with Crippen molar-refractivity contribution in [2.24, 2.45) is 29.1 Å². The van der Waals surface area contributed by atoms with E-state index in [9.17, 15) is 4.79 Å². The van der Waals surface area contributed by atoms with Crippen molar-refractivity contribution in [1.29, 1.82) is 0 Å². The van der Waals surface area contributed by atoms with Crippen LogP contribution in [0.3, 0.4) is 0 Å². The summed E-state index contributed by atoms with van der Waals surface area (Å²) in [6, 6.07) is 9.80. The number of carbonyl (C=O) groups is 1. The van der Waals surface area contributed by atoms with Gasteiger partial charge >= 0.3 is 5.97 Å². The lowest BCUT2D eigenvalue weighted by molar-refractivity contribution is -0.146. The maximum Gasteiger partial charge on any atom is 0.308 e. The Hall–Kier alpha value is -2.10. The van der Waals surface area contributed by atoms with Crippen LogP contribution >= 0.6 is 0 Å². The number of fused-ring (bicyclic) bond motifs is 1. The molecule has 0 spiro atoms. The molecule has 1 aliphatic rings. The van der Waals surface area contributed by atoms with Crippen LogP contribution in [0.15, 0.2) is 30.3 Å². The fourth-order valence-corrected chi connectivity index (χ4v) is 5.62. The van der Waals surface area contributed by atoms with Gasteiger partial charge in [0.15, 0.2) is 11.6 Å². The predicted molar refractivity (Wildman–Crippen MR) is 142 cm³/mol. The Morgan fingerprint density at radius 1 is 1.06 bits per heavy atom. The summed E-state index contributed by atoms with van der Waals surface area (Å²) in [7, 11) is 1.46. The van der Waals surface area contributed by atoms with Crippen molar-refractivity contribution in [2.45, 2.75) is 92.6 Å². The first kappa shape index (κ1) is 27.5. The van der Waals surface area contributed by atoms with E-state index in [1.807, 2.05) is 25.1 Å². The molecule has 0 aliphatic heterocycles. The molecule has 2 aromatic rings. The number of carbonyl (C=O) groups excluding carboxylic acids is 1. The molecule has 0 heterocycles. The van der Waals surface area contributed by atoms with Crippen molar-refractivity contribution in [1.82, 2.24) is 0 Å². The molecule has 1 aliphatic carbocycles. The minimum atomic E-state index is -0.253. The van der Waals surface area contributed by atoms with Gasteiger partial charge in [-0.25, -0.2) is 4.39 Å². The third-order valence-electron chi connectivity index (χ3n) is 8.39. The molecule has 35 heavy (non-hydrogen) atoms. The van der Waals surface area contributed by atoms with Crippen molar-refractivity contribution >= 4 is 16.7 Å². The van der Waals surface area contributed by atoms with Crippen LogP contribution in [0.4, 0.5) is 4.39 Å². The van der Waals surface area contributed by atoms with E-state index in [2.05, 4.69) is 40.7 Å². The van der Waals surface area contributed by atoms with E-state index in [0.717, 1.165) is 50.3 Å². The lowest BCUT2D eigenvalue weighted by atomic mass is 9.72. The van der Waals surface area contributed by atoms with E-state index in [1.165, 1.54) is 12.7 Å². The van der Waals surface area contributed by atoms with Crippen molar-refractivity contribution < 1.29 is 18.7 Å². The van der Waals surface area contributed by atoms with Crippen molar-refractivity contribution in [3.63, 3.8) is 0 Å². The average molecular weight is 485 g/mol. The minimum absolute atomic E-state index is 0.0508. The van der Waals surface area contributed by atoms with Gasteiger partial charge in [0.25, 0.3) is 0 Å². The quantitative estimate of drug-likeness (QED) is 0.335. The van der Waals surface area contributed by atoms with Gasteiger partial charge in [-0.2, -0.15) is 0 Å². The second kappa shape index (κ2) is 11.8. The minimum Gasteiger partial charge on any atom is -0.487 e. The summed E-state index contributed by atoms with van der Waals surface area (Å²) in [6.07, 6.45) is 6.87. The number of benzene rings is 2. The maximum atomic E-state index is 15.3. The normalized spacial score (nSPS) is 21.4. The third-order valence-corrected chi connectivity index (χ3v) is 8.39. The summed E-state index contributed by atoms with van der Waals surface area (Å²) in [5.41, 5.74) is 1.52. The summed E-state index contributed by atoms with van der Waals surface area (Å²) in [4.78, 5) is 12.0. The van der Waals surface area contributed by atoms with Crippen molar-refractivity contribution in [3.8, 4) is 5.75 Å². The van der Waals surface area contributed by atoms with Gasteiger partial charge < -0.3 is 9.47 Å². The first-order valence-corrected chi connectivity index (χ1v) is 13.5. The molecule has 0 amide bonds. The number of rotatable bonds is 9. The van der Waals surface area contributed by atoms with E-state index in [0.29, 0.717) is 34.3 Å². The van der Waals surface area contributed by atoms with Gasteiger partial charge in [-0.15, -0.1) is 0 Å². The zero-order chi connectivity index (χ0) is 25.8. The lowest BCUT2D eigenvalue weighted by Gasteiger charge is -2.37. The van der Waals surface area contributed by atoms with Crippen molar-refractivity contribution in [3.05, 3.63) is 41.7 Å². The van der Waals surface area contributed by atoms with Crippen LogP contribution in [0.25, 0.3) is 10.8 Å². The molecular weight excluding hydrogens is 439 g/mol. The summed E-state index contributed by atoms with van der Waals surface area (Å²) >= 11 is 0. The smallest absolute Gasteiger partial charge is 0.308 e. The molecule has 0 N–H and O–H groups in total. The highest BCUT2D eigenvalue weighted by Crippen LogP contribution is 2.39. The Morgan fingerprint density at radius 3 is 2.34 bits per heavy atom. The van der Waals surface area contributed by atoms with Crippen LogP contribution in [0.1, 0.15) is 85.6 Å². The van der Waals surface area contributed by atoms with Gasteiger partial charge in [0.05, 0.1) is 19.1 Å². The first-order chi connectivity index (χ1) is 16.5. The number of hydrogen-bond acceptors (Lipinski definition) is 3. The molecular formula is C31H45FO3. The van der Waals surface area contributed by atoms with Crippen LogP contribution in [-0.2, 0) is 16.0 Å². The highest BCUT2D eigenvalue weighted by molar-refractivity contribution is 5.85. The third kappa shape index (κ3) is 6.98. The largest absolute Gasteiger partial charge is 0.487 e. The van der Waals surface area contributed by atoms with Gasteiger partial charge in [-0.05, 0) is 85.1 Å². The second-order valence-corrected chi connectivity index (χ2v) is 11.9. The lowest BCUT2D eigenvalue weighted by Crippen LogP contribution is -2.30. The molecule has 1 fully saturated rings. The van der Waals surface area contributed by atoms with Crippen LogP contribution < -0.4 is 4.74 Å². The van der Waals surface area contributed by atoms with Gasteiger partial charge in [0.2, 0.25) is 0 Å². The van der Waals surface area contributed by atoms with E-state index < -0.39 is 0 Å². The van der Waals surface area contributed by atoms with E-state index in [-0.39, 0.29) is 23.8 Å². The molecule has 0 radical (unpaired) electrons. The Labute approximate surface area is 211 Å². The average Bonchev–Trinajstić information content (AvgIpc) is 2.83. The van der Waals surface area contributed by atoms with Gasteiger partial charge in [-0.1, -0.05) is 65.8 Å². The SMILES string of the molecule is CCC(CC(C)C(C)Cc1ccc2c(F)c(OC3CCC(C(C)(C)C)CC3)ccc2c1)C(=O)OC.